The summed E-state index contributed by atoms with van der Waals surface area (Å²) < 4.78 is 7.25. The Bertz CT molecular complexity index is 1310. The van der Waals surface area contributed by atoms with Gasteiger partial charge in [-0.15, -0.1) is 11.3 Å². The van der Waals surface area contributed by atoms with Gasteiger partial charge in [-0.2, -0.15) is 0 Å². The highest BCUT2D eigenvalue weighted by Gasteiger charge is 2.18. The summed E-state index contributed by atoms with van der Waals surface area (Å²) in [7, 11) is 1.66. The van der Waals surface area contributed by atoms with E-state index in [0.29, 0.717) is 5.78 Å². The molecule has 0 aliphatic heterocycles. The van der Waals surface area contributed by atoms with Crippen molar-refractivity contribution in [2.75, 3.05) is 12.4 Å². The number of anilines is 2. The molecule has 0 spiro atoms. The first-order chi connectivity index (χ1) is 14.7. The van der Waals surface area contributed by atoms with Gasteiger partial charge in [0.05, 0.1) is 24.2 Å². The van der Waals surface area contributed by atoms with Crippen LogP contribution in [0.5, 0.6) is 5.75 Å². The van der Waals surface area contributed by atoms with Crippen molar-refractivity contribution in [1.29, 1.82) is 0 Å². The van der Waals surface area contributed by atoms with E-state index in [1.165, 1.54) is 0 Å². The molecule has 0 aliphatic carbocycles. The summed E-state index contributed by atoms with van der Waals surface area (Å²) in [6.07, 6.45) is 5.37. The monoisotopic (exact) mass is 414 g/mol. The standard InChI is InChI=1S/C22H18N6OS/c1-14-20(18-13-30-22(27-18)26-16-5-7-17(29-2)8-6-16)28-19(9-11-24-21(28)25-14)15-4-3-10-23-12-15/h3-13H,1-2H3,(H,26,27). The van der Waals surface area contributed by atoms with Crippen LogP contribution in [0.2, 0.25) is 0 Å². The number of rotatable bonds is 5. The predicted octanol–water partition coefficient (Wildman–Crippen LogP) is 4.98. The van der Waals surface area contributed by atoms with Crippen molar-refractivity contribution >= 4 is 27.9 Å². The minimum absolute atomic E-state index is 0.640. The number of benzene rings is 1. The van der Waals surface area contributed by atoms with Crippen molar-refractivity contribution in [2.24, 2.45) is 0 Å². The number of nitrogens with zero attached hydrogens (tertiary/aromatic N) is 5. The molecule has 0 radical (unpaired) electrons. The number of hydrogen-bond acceptors (Lipinski definition) is 7. The van der Waals surface area contributed by atoms with Gasteiger partial charge < -0.3 is 10.1 Å². The Balaban J connectivity index is 1.56. The van der Waals surface area contributed by atoms with Crippen LogP contribution in [0.4, 0.5) is 10.8 Å². The van der Waals surface area contributed by atoms with Gasteiger partial charge in [0, 0.05) is 35.2 Å². The molecule has 30 heavy (non-hydrogen) atoms. The number of fused-ring (bicyclic) bond motifs is 1. The number of methoxy groups -OCH3 is 1. The first kappa shape index (κ1) is 18.3. The van der Waals surface area contributed by atoms with Crippen LogP contribution in [0, 0.1) is 6.92 Å². The molecule has 1 N–H and O–H groups in total. The van der Waals surface area contributed by atoms with Gasteiger partial charge in [0.1, 0.15) is 11.4 Å². The second-order valence-electron chi connectivity index (χ2n) is 6.64. The van der Waals surface area contributed by atoms with Crippen LogP contribution in [0.1, 0.15) is 5.69 Å². The Morgan fingerprint density at radius 1 is 1.03 bits per heavy atom. The Kier molecular flexibility index (Phi) is 4.61. The van der Waals surface area contributed by atoms with Gasteiger partial charge in [0.15, 0.2) is 5.13 Å². The van der Waals surface area contributed by atoms with Crippen LogP contribution in [-0.2, 0) is 0 Å². The normalized spacial score (nSPS) is 11.0. The molecule has 0 saturated carbocycles. The molecular weight excluding hydrogens is 396 g/mol. The molecule has 7 nitrogen and oxygen atoms in total. The van der Waals surface area contributed by atoms with Crippen molar-refractivity contribution < 1.29 is 4.74 Å². The minimum Gasteiger partial charge on any atom is -0.497 e. The third kappa shape index (κ3) is 3.27. The summed E-state index contributed by atoms with van der Waals surface area (Å²) in [4.78, 5) is 18.2. The fourth-order valence-corrected chi connectivity index (χ4v) is 4.07. The molecule has 4 aromatic heterocycles. The maximum absolute atomic E-state index is 5.21. The second kappa shape index (κ2) is 7.57. The van der Waals surface area contributed by atoms with Gasteiger partial charge in [-0.25, -0.2) is 15.0 Å². The number of imidazole rings is 1. The van der Waals surface area contributed by atoms with Crippen LogP contribution in [0.3, 0.4) is 0 Å². The molecule has 1 aromatic carbocycles. The smallest absolute Gasteiger partial charge is 0.235 e. The number of aromatic nitrogens is 5. The van der Waals surface area contributed by atoms with Crippen molar-refractivity contribution in [3.8, 4) is 28.4 Å². The summed E-state index contributed by atoms with van der Waals surface area (Å²) >= 11 is 1.54. The topological polar surface area (TPSA) is 77.2 Å². The molecule has 4 heterocycles. The van der Waals surface area contributed by atoms with Crippen molar-refractivity contribution in [2.45, 2.75) is 6.92 Å². The van der Waals surface area contributed by atoms with E-state index in [-0.39, 0.29) is 0 Å². The molecule has 5 aromatic rings. The zero-order valence-electron chi connectivity index (χ0n) is 16.4. The van der Waals surface area contributed by atoms with Gasteiger partial charge >= 0.3 is 0 Å². The maximum atomic E-state index is 5.21. The summed E-state index contributed by atoms with van der Waals surface area (Å²) in [6.45, 7) is 1.98. The molecule has 8 heteroatoms. The van der Waals surface area contributed by atoms with Crippen LogP contribution in [0.25, 0.3) is 28.4 Å². The van der Waals surface area contributed by atoms with Crippen LogP contribution >= 0.6 is 11.3 Å². The zero-order chi connectivity index (χ0) is 20.5. The lowest BCUT2D eigenvalue weighted by Gasteiger charge is -2.08. The second-order valence-corrected chi connectivity index (χ2v) is 7.50. The number of pyridine rings is 1. The largest absolute Gasteiger partial charge is 0.497 e. The van der Waals surface area contributed by atoms with Crippen molar-refractivity contribution in [3.05, 3.63) is 72.1 Å². The third-order valence-electron chi connectivity index (χ3n) is 4.74. The molecule has 0 fully saturated rings. The van der Waals surface area contributed by atoms with Gasteiger partial charge in [-0.1, -0.05) is 0 Å². The van der Waals surface area contributed by atoms with E-state index in [1.807, 2.05) is 65.4 Å². The van der Waals surface area contributed by atoms with E-state index >= 15 is 0 Å². The quantitative estimate of drug-likeness (QED) is 0.437. The molecule has 0 bridgehead atoms. The molecule has 0 aliphatic rings. The fraction of sp³-hybridized carbons (Fsp3) is 0.0909. The Labute approximate surface area is 177 Å². The number of ether oxygens (including phenoxy) is 1. The zero-order valence-corrected chi connectivity index (χ0v) is 17.2. The van der Waals surface area contributed by atoms with Gasteiger partial charge in [-0.3, -0.25) is 9.38 Å². The highest BCUT2D eigenvalue weighted by molar-refractivity contribution is 7.14. The fourth-order valence-electron chi connectivity index (χ4n) is 3.36. The van der Waals surface area contributed by atoms with Crippen molar-refractivity contribution in [3.63, 3.8) is 0 Å². The summed E-state index contributed by atoms with van der Waals surface area (Å²) in [6, 6.07) is 13.7. The number of aryl methyl sites for hydroxylation is 1. The van der Waals surface area contributed by atoms with E-state index in [0.717, 1.165) is 44.9 Å². The third-order valence-corrected chi connectivity index (χ3v) is 5.50. The molecule has 5 rings (SSSR count). The summed E-state index contributed by atoms with van der Waals surface area (Å²) in [5, 5.41) is 6.18. The van der Waals surface area contributed by atoms with E-state index in [1.54, 1.807) is 30.8 Å². The number of thiazole rings is 1. The predicted molar refractivity (Wildman–Crippen MR) is 118 cm³/mol. The lowest BCUT2D eigenvalue weighted by atomic mass is 10.2. The number of hydrogen-bond donors (Lipinski definition) is 1. The van der Waals surface area contributed by atoms with Crippen LogP contribution < -0.4 is 10.1 Å². The number of nitrogens with one attached hydrogen (secondary N) is 1. The Morgan fingerprint density at radius 3 is 2.67 bits per heavy atom. The van der Waals surface area contributed by atoms with Gasteiger partial charge in [0.2, 0.25) is 5.78 Å². The molecule has 148 valence electrons. The first-order valence-corrected chi connectivity index (χ1v) is 10.2. The highest BCUT2D eigenvalue weighted by Crippen LogP contribution is 2.32. The van der Waals surface area contributed by atoms with Gasteiger partial charge in [-0.05, 0) is 49.4 Å². The maximum Gasteiger partial charge on any atom is 0.235 e. The SMILES string of the molecule is COc1ccc(Nc2nc(-c3c(C)nc4nccc(-c5cccnc5)n34)cs2)cc1. The van der Waals surface area contributed by atoms with Crippen LogP contribution in [0.15, 0.2) is 66.4 Å². The van der Waals surface area contributed by atoms with E-state index in [9.17, 15) is 0 Å². The van der Waals surface area contributed by atoms with Crippen molar-refractivity contribution in [1.82, 2.24) is 24.3 Å². The summed E-state index contributed by atoms with van der Waals surface area (Å²) in [5.74, 6) is 1.46. The highest BCUT2D eigenvalue weighted by atomic mass is 32.1. The van der Waals surface area contributed by atoms with E-state index in [4.69, 9.17) is 9.72 Å². The molecule has 0 atom stereocenters. The summed E-state index contributed by atoms with van der Waals surface area (Å²) in [5.41, 5.74) is 5.57. The minimum atomic E-state index is 0.640. The average molecular weight is 414 g/mol. The average Bonchev–Trinajstić information content (AvgIpc) is 3.37. The lowest BCUT2D eigenvalue weighted by molar-refractivity contribution is 0.415. The first-order valence-electron chi connectivity index (χ1n) is 9.34. The van der Waals surface area contributed by atoms with E-state index in [2.05, 4.69) is 20.3 Å². The van der Waals surface area contributed by atoms with E-state index < -0.39 is 0 Å². The molecular formula is C22H18N6OS. The van der Waals surface area contributed by atoms with Crippen LogP contribution in [-0.4, -0.2) is 31.4 Å². The Hall–Kier alpha value is -3.78. The lowest BCUT2D eigenvalue weighted by Crippen LogP contribution is -1.97. The van der Waals surface area contributed by atoms with Gasteiger partial charge in [0.25, 0.3) is 0 Å². The molecule has 0 amide bonds. The Morgan fingerprint density at radius 2 is 1.90 bits per heavy atom. The molecule has 0 saturated heterocycles. The molecule has 0 unspecified atom stereocenters.